The van der Waals surface area contributed by atoms with Crippen LogP contribution in [0.25, 0.3) is 5.57 Å². The Morgan fingerprint density at radius 3 is 2.34 bits per heavy atom. The first-order chi connectivity index (χ1) is 20.8. The molecule has 2 heteroatoms. The molecule has 4 fully saturated rings. The number of rotatable bonds is 10. The molecule has 1 aromatic heterocycles. The van der Waals surface area contributed by atoms with Crippen molar-refractivity contribution < 1.29 is 0 Å². The first kappa shape index (κ1) is 32.0. The molecular formula is C42H62N2. The van der Waals surface area contributed by atoms with E-state index in [9.17, 15) is 0 Å². The summed E-state index contributed by atoms with van der Waals surface area (Å²) in [5, 5.41) is 0. The standard InChI is InChI=1S/C42H62N2/c1-12-14-31(20-27(6)26(5)13-2)28(7)34-15-16-35-33-22-38-37-21-32(39-43-23-30(24-44-39)19-25(3)4)29(8)41(10,42(37,38)11)36(33)17-18-40(34,35)9/h12,21,23-25,28,31,33-38H,1,8,13-20,22H2,2-7,9-11H3/b27-26+/t28-,31?,33?,34?,35?,36?,37?,38?,40?,41?,42?/m1/s1. The van der Waals surface area contributed by atoms with Crippen molar-refractivity contribution in [1.82, 2.24) is 9.97 Å². The molecule has 0 aliphatic heterocycles. The van der Waals surface area contributed by atoms with Crippen LogP contribution >= 0.6 is 0 Å². The maximum Gasteiger partial charge on any atom is 0.159 e. The second kappa shape index (κ2) is 11.4. The Morgan fingerprint density at radius 1 is 1.00 bits per heavy atom. The minimum atomic E-state index is 0.130. The van der Waals surface area contributed by atoms with Crippen LogP contribution in [0.4, 0.5) is 0 Å². The van der Waals surface area contributed by atoms with Crippen molar-refractivity contribution in [3.63, 3.8) is 0 Å². The Labute approximate surface area is 270 Å². The molecule has 0 aromatic carbocycles. The van der Waals surface area contributed by atoms with Crippen molar-refractivity contribution in [1.29, 1.82) is 0 Å². The summed E-state index contributed by atoms with van der Waals surface area (Å²) in [6.45, 7) is 31.3. The second-order valence-electron chi connectivity index (χ2n) is 17.3. The van der Waals surface area contributed by atoms with Crippen LogP contribution in [0.3, 0.4) is 0 Å². The molecule has 1 heterocycles. The van der Waals surface area contributed by atoms with E-state index in [2.05, 4.69) is 93.4 Å². The van der Waals surface area contributed by atoms with E-state index in [1.807, 2.05) is 0 Å². The molecule has 11 atom stereocenters. The third-order valence-corrected chi connectivity index (χ3v) is 15.2. The number of fused-ring (bicyclic) bond motifs is 5. The minimum Gasteiger partial charge on any atom is -0.236 e. The van der Waals surface area contributed by atoms with Crippen LogP contribution in [0.15, 0.2) is 54.4 Å². The maximum atomic E-state index is 4.94. The predicted octanol–water partition coefficient (Wildman–Crippen LogP) is 11.3. The molecule has 0 radical (unpaired) electrons. The molecule has 0 saturated heterocycles. The molecule has 2 nitrogen and oxygen atoms in total. The van der Waals surface area contributed by atoms with E-state index in [4.69, 9.17) is 16.5 Å². The van der Waals surface area contributed by atoms with Gasteiger partial charge in [0.25, 0.3) is 0 Å². The van der Waals surface area contributed by atoms with E-state index in [1.54, 1.807) is 11.1 Å². The molecule has 10 unspecified atom stereocenters. The summed E-state index contributed by atoms with van der Waals surface area (Å²) in [6.07, 6.45) is 20.5. The lowest BCUT2D eigenvalue weighted by Gasteiger charge is -2.60. The van der Waals surface area contributed by atoms with Gasteiger partial charge in [0, 0.05) is 23.4 Å². The average Bonchev–Trinajstić information content (AvgIpc) is 3.40. The molecule has 0 spiro atoms. The maximum absolute atomic E-state index is 4.94. The Balaban J connectivity index is 1.26. The lowest BCUT2D eigenvalue weighted by Crippen LogP contribution is -2.53. The third-order valence-electron chi connectivity index (χ3n) is 15.2. The van der Waals surface area contributed by atoms with Gasteiger partial charge in [-0.25, -0.2) is 9.97 Å². The van der Waals surface area contributed by atoms with Gasteiger partial charge in [-0.2, -0.15) is 0 Å². The second-order valence-corrected chi connectivity index (χ2v) is 17.3. The van der Waals surface area contributed by atoms with Gasteiger partial charge in [-0.3, -0.25) is 0 Å². The highest BCUT2D eigenvalue weighted by Crippen LogP contribution is 2.83. The van der Waals surface area contributed by atoms with Gasteiger partial charge in [0.05, 0.1) is 0 Å². The van der Waals surface area contributed by atoms with Crippen LogP contribution in [-0.4, -0.2) is 9.97 Å². The molecule has 1 aromatic rings. The summed E-state index contributed by atoms with van der Waals surface area (Å²) in [6, 6.07) is 0. The number of aromatic nitrogens is 2. The van der Waals surface area contributed by atoms with Gasteiger partial charge in [-0.1, -0.05) is 78.3 Å². The third kappa shape index (κ3) is 4.61. The molecule has 240 valence electrons. The first-order valence-electron chi connectivity index (χ1n) is 18.3. The average molecular weight is 595 g/mol. The Morgan fingerprint density at radius 2 is 1.70 bits per heavy atom. The molecule has 44 heavy (non-hydrogen) atoms. The van der Waals surface area contributed by atoms with Crippen molar-refractivity contribution in [3.8, 4) is 0 Å². The molecule has 0 N–H and O–H groups in total. The van der Waals surface area contributed by atoms with E-state index in [0.29, 0.717) is 28.6 Å². The fourth-order valence-electron chi connectivity index (χ4n) is 12.3. The quantitative estimate of drug-likeness (QED) is 0.252. The smallest absolute Gasteiger partial charge is 0.159 e. The van der Waals surface area contributed by atoms with Crippen molar-refractivity contribution >= 4 is 5.57 Å². The van der Waals surface area contributed by atoms with Gasteiger partial charge in [-0.15, -0.1) is 6.58 Å². The van der Waals surface area contributed by atoms with Crippen LogP contribution in [0.1, 0.15) is 125 Å². The summed E-state index contributed by atoms with van der Waals surface area (Å²) in [7, 11) is 0. The van der Waals surface area contributed by atoms with Crippen molar-refractivity contribution in [2.75, 3.05) is 0 Å². The molecule has 4 saturated carbocycles. The Bertz CT molecular complexity index is 1350. The SMILES string of the molecule is C=CCC(C/C(C)=C(\C)CC)[C@@H](C)C1CCC2C3CC4C5C=C(c6ncc(CC(C)C)cn6)C(=C)C(C)(C3CCC21C)C54C. The van der Waals surface area contributed by atoms with Gasteiger partial charge in [0.1, 0.15) is 0 Å². The lowest BCUT2D eigenvalue weighted by atomic mass is 9.44. The van der Waals surface area contributed by atoms with E-state index in [0.717, 1.165) is 54.2 Å². The normalized spacial score (nSPS) is 40.8. The number of allylic oxidation sites excluding steroid dienone is 6. The number of nitrogens with zero attached hydrogens (tertiary/aromatic N) is 2. The van der Waals surface area contributed by atoms with Gasteiger partial charge < -0.3 is 0 Å². The van der Waals surface area contributed by atoms with Gasteiger partial charge in [0.2, 0.25) is 0 Å². The molecule has 5 aliphatic carbocycles. The Kier molecular flexibility index (Phi) is 8.28. The Hall–Kier alpha value is -1.96. The lowest BCUT2D eigenvalue weighted by molar-refractivity contribution is -0.0879. The van der Waals surface area contributed by atoms with Crippen LogP contribution < -0.4 is 0 Å². The molecule has 0 bridgehead atoms. The molecule has 0 amide bonds. The van der Waals surface area contributed by atoms with Gasteiger partial charge in [0.15, 0.2) is 5.82 Å². The number of hydrogen-bond donors (Lipinski definition) is 0. The monoisotopic (exact) mass is 594 g/mol. The zero-order valence-electron chi connectivity index (χ0n) is 29.7. The van der Waals surface area contributed by atoms with Crippen LogP contribution in [0.5, 0.6) is 0 Å². The highest BCUT2D eigenvalue weighted by Gasteiger charge is 2.77. The zero-order chi connectivity index (χ0) is 31.8. The van der Waals surface area contributed by atoms with Crippen molar-refractivity contribution in [3.05, 3.63) is 65.8 Å². The van der Waals surface area contributed by atoms with Crippen molar-refractivity contribution in [2.45, 2.75) is 120 Å². The molecular weight excluding hydrogens is 532 g/mol. The first-order valence-corrected chi connectivity index (χ1v) is 18.3. The van der Waals surface area contributed by atoms with Crippen molar-refractivity contribution in [2.24, 2.45) is 69.5 Å². The van der Waals surface area contributed by atoms with Crippen LogP contribution in [0, 0.1) is 69.5 Å². The van der Waals surface area contributed by atoms with E-state index >= 15 is 0 Å². The van der Waals surface area contributed by atoms with Crippen LogP contribution in [-0.2, 0) is 6.42 Å². The van der Waals surface area contributed by atoms with E-state index < -0.39 is 0 Å². The summed E-state index contributed by atoms with van der Waals surface area (Å²) in [5.41, 5.74) is 7.99. The highest BCUT2D eigenvalue weighted by molar-refractivity contribution is 5.80. The van der Waals surface area contributed by atoms with E-state index in [-0.39, 0.29) is 5.41 Å². The largest absolute Gasteiger partial charge is 0.236 e. The highest BCUT2D eigenvalue weighted by atomic mass is 14.9. The fraction of sp³-hybridized carbons (Fsp3) is 0.714. The minimum absolute atomic E-state index is 0.130. The summed E-state index contributed by atoms with van der Waals surface area (Å²) in [5.74, 6) is 7.60. The number of hydrogen-bond acceptors (Lipinski definition) is 2. The fourth-order valence-corrected chi connectivity index (χ4v) is 12.3. The summed E-state index contributed by atoms with van der Waals surface area (Å²) in [4.78, 5) is 9.88. The van der Waals surface area contributed by atoms with Gasteiger partial charge >= 0.3 is 0 Å². The zero-order valence-corrected chi connectivity index (χ0v) is 29.7. The van der Waals surface area contributed by atoms with E-state index in [1.165, 1.54) is 61.7 Å². The molecule has 5 aliphatic rings. The van der Waals surface area contributed by atoms with Crippen LogP contribution in [0.2, 0.25) is 0 Å². The summed E-state index contributed by atoms with van der Waals surface area (Å²) < 4.78 is 0. The van der Waals surface area contributed by atoms with Gasteiger partial charge in [-0.05, 0) is 147 Å². The summed E-state index contributed by atoms with van der Waals surface area (Å²) >= 11 is 0. The predicted molar refractivity (Wildman–Crippen MR) is 187 cm³/mol. The topological polar surface area (TPSA) is 25.8 Å². The molecule has 6 rings (SSSR count).